The van der Waals surface area contributed by atoms with Crippen LogP contribution in [0.5, 0.6) is 5.75 Å². The predicted molar refractivity (Wildman–Crippen MR) is 109 cm³/mol. The number of amides is 1. The fourth-order valence-electron chi connectivity index (χ4n) is 4.23. The van der Waals surface area contributed by atoms with E-state index >= 15 is 0 Å². The van der Waals surface area contributed by atoms with Gasteiger partial charge in [0.2, 0.25) is 5.91 Å². The monoisotopic (exact) mass is 380 g/mol. The van der Waals surface area contributed by atoms with E-state index in [0.29, 0.717) is 6.04 Å². The van der Waals surface area contributed by atoms with Gasteiger partial charge in [-0.3, -0.25) is 4.79 Å². The van der Waals surface area contributed by atoms with Crippen LogP contribution in [0.2, 0.25) is 0 Å². The third-order valence-corrected chi connectivity index (χ3v) is 5.86. The lowest BCUT2D eigenvalue weighted by Crippen LogP contribution is -2.45. The summed E-state index contributed by atoms with van der Waals surface area (Å²) in [6.45, 7) is 1.64. The van der Waals surface area contributed by atoms with Crippen LogP contribution in [-0.2, 0) is 4.79 Å². The van der Waals surface area contributed by atoms with Gasteiger partial charge in [0, 0.05) is 30.8 Å². The summed E-state index contributed by atoms with van der Waals surface area (Å²) in [5.41, 5.74) is 1.90. The highest BCUT2D eigenvalue weighted by molar-refractivity contribution is 5.80. The number of nitrogens with one attached hydrogen (secondary N) is 1. The smallest absolute Gasteiger partial charge is 0.225 e. The van der Waals surface area contributed by atoms with Crippen LogP contribution in [0.3, 0.4) is 0 Å². The summed E-state index contributed by atoms with van der Waals surface area (Å²) in [4.78, 5) is 23.8. The highest BCUT2D eigenvalue weighted by Crippen LogP contribution is 2.27. The molecular weight excluding hydrogens is 352 g/mol. The Labute approximate surface area is 166 Å². The van der Waals surface area contributed by atoms with Crippen LogP contribution in [-0.4, -0.2) is 42.1 Å². The average Bonchev–Trinajstić information content (AvgIpc) is 3.27. The molecule has 2 aromatic rings. The molecule has 1 aromatic carbocycles. The van der Waals surface area contributed by atoms with E-state index < -0.39 is 0 Å². The normalized spacial score (nSPS) is 20.2. The Morgan fingerprint density at radius 3 is 2.64 bits per heavy atom. The molecule has 4 rings (SSSR count). The number of ether oxygens (including phenoxy) is 1. The van der Waals surface area contributed by atoms with Gasteiger partial charge in [0.25, 0.3) is 0 Å². The molecule has 148 valence electrons. The van der Waals surface area contributed by atoms with Crippen LogP contribution in [0.4, 0.5) is 5.82 Å². The first-order valence-corrected chi connectivity index (χ1v) is 10.2. The van der Waals surface area contributed by atoms with Crippen molar-refractivity contribution in [2.24, 2.45) is 5.92 Å². The molecule has 1 aromatic heterocycles. The van der Waals surface area contributed by atoms with E-state index in [2.05, 4.69) is 20.2 Å². The van der Waals surface area contributed by atoms with Crippen LogP contribution in [0.1, 0.15) is 38.5 Å². The van der Waals surface area contributed by atoms with Gasteiger partial charge >= 0.3 is 0 Å². The van der Waals surface area contributed by atoms with E-state index in [-0.39, 0.29) is 11.8 Å². The maximum absolute atomic E-state index is 12.7. The molecule has 0 bridgehead atoms. The lowest BCUT2D eigenvalue weighted by molar-refractivity contribution is -0.125. The Morgan fingerprint density at radius 1 is 1.11 bits per heavy atom. The van der Waals surface area contributed by atoms with Crippen LogP contribution in [0.15, 0.2) is 36.7 Å². The van der Waals surface area contributed by atoms with Gasteiger partial charge in [-0.2, -0.15) is 0 Å². The third kappa shape index (κ3) is 4.26. The highest BCUT2D eigenvalue weighted by Gasteiger charge is 2.28. The summed E-state index contributed by atoms with van der Waals surface area (Å²) in [6.07, 6.45) is 8.28. The fraction of sp³-hybridized carbons (Fsp3) is 0.500. The molecule has 1 unspecified atom stereocenters. The second-order valence-electron chi connectivity index (χ2n) is 7.77. The molecule has 1 saturated heterocycles. The molecule has 1 aliphatic heterocycles. The number of anilines is 1. The molecule has 28 heavy (non-hydrogen) atoms. The molecular formula is C22H28N4O2. The number of hydrogen-bond donors (Lipinski definition) is 1. The molecule has 1 aliphatic carbocycles. The lowest BCUT2D eigenvalue weighted by atomic mass is 9.96. The number of rotatable bonds is 5. The van der Waals surface area contributed by atoms with Crippen LogP contribution >= 0.6 is 0 Å². The Kier molecular flexibility index (Phi) is 5.74. The Morgan fingerprint density at radius 2 is 1.89 bits per heavy atom. The molecule has 1 saturated carbocycles. The third-order valence-electron chi connectivity index (χ3n) is 5.86. The topological polar surface area (TPSA) is 67.3 Å². The summed E-state index contributed by atoms with van der Waals surface area (Å²) in [5, 5.41) is 3.26. The quantitative estimate of drug-likeness (QED) is 0.861. The van der Waals surface area contributed by atoms with Gasteiger partial charge in [-0.15, -0.1) is 0 Å². The Balaban J connectivity index is 1.45. The second-order valence-corrected chi connectivity index (χ2v) is 7.77. The molecule has 0 spiro atoms. The van der Waals surface area contributed by atoms with Crippen LogP contribution in [0, 0.1) is 5.92 Å². The summed E-state index contributed by atoms with van der Waals surface area (Å²) in [7, 11) is 1.66. The fourth-order valence-corrected chi connectivity index (χ4v) is 4.23. The Bertz CT molecular complexity index is 802. The van der Waals surface area contributed by atoms with Gasteiger partial charge in [-0.1, -0.05) is 12.8 Å². The number of carbonyl (C=O) groups is 1. The highest BCUT2D eigenvalue weighted by atomic mass is 16.5. The van der Waals surface area contributed by atoms with E-state index in [1.807, 2.05) is 30.3 Å². The molecule has 2 aliphatic rings. The maximum atomic E-state index is 12.7. The number of aromatic nitrogens is 2. The first-order valence-electron chi connectivity index (χ1n) is 10.2. The molecule has 6 heteroatoms. The van der Waals surface area contributed by atoms with Crippen molar-refractivity contribution in [3.05, 3.63) is 36.7 Å². The first-order chi connectivity index (χ1) is 13.7. The minimum Gasteiger partial charge on any atom is -0.497 e. The van der Waals surface area contributed by atoms with Crippen LogP contribution in [0.25, 0.3) is 11.3 Å². The van der Waals surface area contributed by atoms with E-state index in [1.165, 1.54) is 12.8 Å². The Hall–Kier alpha value is -2.63. The van der Waals surface area contributed by atoms with Crippen LogP contribution < -0.4 is 15.0 Å². The van der Waals surface area contributed by atoms with E-state index in [1.54, 1.807) is 13.4 Å². The molecule has 1 atom stereocenters. The zero-order valence-corrected chi connectivity index (χ0v) is 16.4. The molecule has 1 amide bonds. The minimum absolute atomic E-state index is 0.0359. The van der Waals surface area contributed by atoms with Crippen molar-refractivity contribution in [3.63, 3.8) is 0 Å². The summed E-state index contributed by atoms with van der Waals surface area (Å²) in [6, 6.07) is 10.3. The predicted octanol–water partition coefficient (Wildman–Crippen LogP) is 3.43. The molecule has 0 radical (unpaired) electrons. The van der Waals surface area contributed by atoms with E-state index in [0.717, 1.165) is 61.6 Å². The zero-order chi connectivity index (χ0) is 19.3. The van der Waals surface area contributed by atoms with Crippen molar-refractivity contribution in [3.8, 4) is 17.0 Å². The summed E-state index contributed by atoms with van der Waals surface area (Å²) < 4.78 is 5.23. The SMILES string of the molecule is COc1ccc(-c2cc(N3CCCC(C(=O)NC4CCCC4)C3)ncn2)cc1. The van der Waals surface area contributed by atoms with E-state index in [9.17, 15) is 4.79 Å². The second kappa shape index (κ2) is 8.59. The number of hydrogen-bond acceptors (Lipinski definition) is 5. The standard InChI is InChI=1S/C22H28N4O2/c1-28-19-10-8-16(9-11-19)20-13-21(24-15-23-20)26-12-4-5-17(14-26)22(27)25-18-6-2-3-7-18/h8-11,13,15,17-18H,2-7,12,14H2,1H3,(H,25,27). The molecule has 6 nitrogen and oxygen atoms in total. The summed E-state index contributed by atoms with van der Waals surface area (Å²) >= 11 is 0. The van der Waals surface area contributed by atoms with Gasteiger partial charge in [0.1, 0.15) is 17.9 Å². The molecule has 2 heterocycles. The molecule has 2 fully saturated rings. The number of piperidine rings is 1. The van der Waals surface area contributed by atoms with Crippen molar-refractivity contribution < 1.29 is 9.53 Å². The van der Waals surface area contributed by atoms with Gasteiger partial charge in [-0.05, 0) is 49.9 Å². The van der Waals surface area contributed by atoms with E-state index in [4.69, 9.17) is 4.74 Å². The van der Waals surface area contributed by atoms with Crippen molar-refractivity contribution in [2.45, 2.75) is 44.6 Å². The van der Waals surface area contributed by atoms with Gasteiger partial charge < -0.3 is 15.0 Å². The maximum Gasteiger partial charge on any atom is 0.225 e. The average molecular weight is 380 g/mol. The zero-order valence-electron chi connectivity index (χ0n) is 16.4. The summed E-state index contributed by atoms with van der Waals surface area (Å²) in [5.74, 6) is 1.96. The number of benzene rings is 1. The van der Waals surface area contributed by atoms with Gasteiger partial charge in [0.15, 0.2) is 0 Å². The number of nitrogens with zero attached hydrogens (tertiary/aromatic N) is 3. The van der Waals surface area contributed by atoms with Crippen molar-refractivity contribution in [1.82, 2.24) is 15.3 Å². The van der Waals surface area contributed by atoms with Crippen molar-refractivity contribution >= 4 is 11.7 Å². The number of carbonyl (C=O) groups excluding carboxylic acids is 1. The van der Waals surface area contributed by atoms with Gasteiger partial charge in [-0.25, -0.2) is 9.97 Å². The minimum atomic E-state index is 0.0359. The van der Waals surface area contributed by atoms with Crippen molar-refractivity contribution in [1.29, 1.82) is 0 Å². The molecule has 1 N–H and O–H groups in total. The number of methoxy groups -OCH3 is 1. The van der Waals surface area contributed by atoms with Gasteiger partial charge in [0.05, 0.1) is 18.7 Å². The van der Waals surface area contributed by atoms with Crippen molar-refractivity contribution in [2.75, 3.05) is 25.1 Å². The lowest BCUT2D eigenvalue weighted by Gasteiger charge is -2.33. The largest absolute Gasteiger partial charge is 0.497 e. The first kappa shape index (κ1) is 18.7.